The van der Waals surface area contributed by atoms with E-state index in [1.807, 2.05) is 60.7 Å². The van der Waals surface area contributed by atoms with Gasteiger partial charge in [0, 0.05) is 38.2 Å². The molecule has 3 aromatic heterocycles. The Labute approximate surface area is 297 Å². The normalized spacial score (nSPS) is 11.8. The van der Waals surface area contributed by atoms with Gasteiger partial charge in [0.05, 0.1) is 0 Å². The second-order valence-corrected chi connectivity index (χ2v) is 13.2. The van der Waals surface area contributed by atoms with Gasteiger partial charge in [-0.3, -0.25) is 0 Å². The Bertz CT molecular complexity index is 3190. The van der Waals surface area contributed by atoms with Crippen LogP contribution >= 0.6 is 0 Å². The van der Waals surface area contributed by atoms with Crippen molar-refractivity contribution in [2.75, 3.05) is 0 Å². The highest BCUT2D eigenvalue weighted by atomic mass is 16.3. The summed E-state index contributed by atoms with van der Waals surface area (Å²) in [4.78, 5) is 15.4. The van der Waals surface area contributed by atoms with Crippen molar-refractivity contribution in [2.45, 2.75) is 0 Å². The van der Waals surface area contributed by atoms with Gasteiger partial charge in [0.25, 0.3) is 0 Å². The predicted octanol–water partition coefficient (Wildman–Crippen LogP) is 12.6. The lowest BCUT2D eigenvalue weighted by Crippen LogP contribution is -2.00. The average molecular weight is 666 g/mol. The number of hydrogen-bond acceptors (Lipinski definition) is 5. The Hall–Kier alpha value is -7.11. The van der Waals surface area contributed by atoms with Crippen LogP contribution in [0.1, 0.15) is 0 Å². The van der Waals surface area contributed by atoms with Crippen molar-refractivity contribution in [3.05, 3.63) is 164 Å². The van der Waals surface area contributed by atoms with Crippen LogP contribution in [-0.4, -0.2) is 15.0 Å². The Morgan fingerprint density at radius 2 is 0.865 bits per heavy atom. The van der Waals surface area contributed by atoms with Crippen molar-refractivity contribution in [1.82, 2.24) is 15.0 Å². The van der Waals surface area contributed by atoms with Gasteiger partial charge in [0.15, 0.2) is 17.5 Å². The molecule has 8 aromatic carbocycles. The molecule has 3 heterocycles. The Morgan fingerprint density at radius 1 is 0.308 bits per heavy atom. The smallest absolute Gasteiger partial charge is 0.164 e. The molecule has 0 atom stereocenters. The minimum atomic E-state index is 0.590. The Morgan fingerprint density at radius 3 is 1.71 bits per heavy atom. The van der Waals surface area contributed by atoms with Crippen molar-refractivity contribution in [1.29, 1.82) is 0 Å². The molecular weight excluding hydrogens is 639 g/mol. The second kappa shape index (κ2) is 11.2. The molecule has 0 bridgehead atoms. The van der Waals surface area contributed by atoms with Crippen molar-refractivity contribution in [3.63, 3.8) is 0 Å². The molecule has 0 spiro atoms. The van der Waals surface area contributed by atoms with E-state index in [9.17, 15) is 0 Å². The van der Waals surface area contributed by atoms with E-state index in [1.54, 1.807) is 0 Å². The molecule has 0 aliphatic rings. The van der Waals surface area contributed by atoms with Gasteiger partial charge in [0.2, 0.25) is 0 Å². The molecule has 0 amide bonds. The van der Waals surface area contributed by atoms with E-state index in [2.05, 4.69) is 103 Å². The first kappa shape index (κ1) is 28.7. The maximum Gasteiger partial charge on any atom is 0.164 e. The van der Waals surface area contributed by atoms with Crippen LogP contribution in [0.5, 0.6) is 0 Å². The number of hydrogen-bond donors (Lipinski definition) is 0. The van der Waals surface area contributed by atoms with Gasteiger partial charge in [-0.25, -0.2) is 15.0 Å². The second-order valence-electron chi connectivity index (χ2n) is 13.2. The number of fused-ring (bicyclic) bond motifs is 9. The van der Waals surface area contributed by atoms with E-state index in [0.717, 1.165) is 77.1 Å². The quantitative estimate of drug-likeness (QED) is 0.175. The summed E-state index contributed by atoms with van der Waals surface area (Å²) in [5.41, 5.74) is 8.27. The molecule has 242 valence electrons. The zero-order valence-electron chi connectivity index (χ0n) is 27.7. The predicted molar refractivity (Wildman–Crippen MR) is 211 cm³/mol. The molecule has 5 nitrogen and oxygen atoms in total. The van der Waals surface area contributed by atoms with Crippen LogP contribution in [0.3, 0.4) is 0 Å². The fourth-order valence-corrected chi connectivity index (χ4v) is 7.58. The first-order chi connectivity index (χ1) is 25.7. The monoisotopic (exact) mass is 665 g/mol. The van der Waals surface area contributed by atoms with Gasteiger partial charge in [-0.15, -0.1) is 0 Å². The third-order valence-electron chi connectivity index (χ3n) is 10.1. The van der Waals surface area contributed by atoms with Crippen LogP contribution in [0.2, 0.25) is 0 Å². The summed E-state index contributed by atoms with van der Waals surface area (Å²) < 4.78 is 12.6. The number of nitrogens with zero attached hydrogens (tertiary/aromatic N) is 3. The van der Waals surface area contributed by atoms with Crippen LogP contribution in [0.15, 0.2) is 173 Å². The summed E-state index contributed by atoms with van der Waals surface area (Å²) in [5.74, 6) is 1.82. The highest BCUT2D eigenvalue weighted by Gasteiger charge is 2.19. The SMILES string of the molecule is c1ccc(-c2nc(-c3ccc4ccc5ccccc5c4c3)nc(-c3cccc4oc5ccc(-c6ccc7oc8ccccc8c7c6)cc5c34)n2)cc1. The zero-order valence-corrected chi connectivity index (χ0v) is 27.7. The van der Waals surface area contributed by atoms with Gasteiger partial charge in [0.1, 0.15) is 22.3 Å². The molecular formula is C47H27N3O2. The van der Waals surface area contributed by atoms with E-state index in [0.29, 0.717) is 17.5 Å². The largest absolute Gasteiger partial charge is 0.456 e. The number of para-hydroxylation sites is 1. The topological polar surface area (TPSA) is 65.0 Å². The third-order valence-corrected chi connectivity index (χ3v) is 10.1. The van der Waals surface area contributed by atoms with Gasteiger partial charge in [-0.2, -0.15) is 0 Å². The number of rotatable bonds is 4. The van der Waals surface area contributed by atoms with Gasteiger partial charge >= 0.3 is 0 Å². The highest BCUT2D eigenvalue weighted by Crippen LogP contribution is 2.40. The maximum atomic E-state index is 6.45. The van der Waals surface area contributed by atoms with Gasteiger partial charge in [-0.05, 0) is 75.1 Å². The van der Waals surface area contributed by atoms with E-state index >= 15 is 0 Å². The molecule has 0 saturated heterocycles. The standard InChI is InChI=1S/C47H27N3O2/c1-2-10-30(11-3-1)45-48-46(33-20-19-29-18-17-28-9-4-5-12-34(28)37(29)27-33)50-47(49-45)36-14-8-16-43-44(36)39-26-32(22-24-42(39)52-43)31-21-23-41-38(25-31)35-13-6-7-15-40(35)51-41/h1-27H. The minimum Gasteiger partial charge on any atom is -0.456 e. The molecule has 0 N–H and O–H groups in total. The third kappa shape index (κ3) is 4.53. The summed E-state index contributed by atoms with van der Waals surface area (Å²) in [6, 6.07) is 56.4. The lowest BCUT2D eigenvalue weighted by atomic mass is 9.99. The van der Waals surface area contributed by atoms with Gasteiger partial charge < -0.3 is 8.83 Å². The number of benzene rings is 8. The summed E-state index contributed by atoms with van der Waals surface area (Å²) in [6.45, 7) is 0. The summed E-state index contributed by atoms with van der Waals surface area (Å²) in [6.07, 6.45) is 0. The van der Waals surface area contributed by atoms with E-state index in [4.69, 9.17) is 23.8 Å². The Balaban J connectivity index is 1.12. The molecule has 0 unspecified atom stereocenters. The highest BCUT2D eigenvalue weighted by molar-refractivity contribution is 6.13. The maximum absolute atomic E-state index is 6.45. The van der Waals surface area contributed by atoms with Crippen molar-refractivity contribution >= 4 is 65.4 Å². The lowest BCUT2D eigenvalue weighted by Gasteiger charge is -2.11. The summed E-state index contributed by atoms with van der Waals surface area (Å²) >= 11 is 0. The first-order valence-electron chi connectivity index (χ1n) is 17.3. The molecule has 0 fully saturated rings. The number of furan rings is 2. The van der Waals surface area contributed by atoms with Crippen molar-refractivity contribution in [3.8, 4) is 45.3 Å². The fraction of sp³-hybridized carbons (Fsp3) is 0. The molecule has 52 heavy (non-hydrogen) atoms. The van der Waals surface area contributed by atoms with Gasteiger partial charge in [-0.1, -0.05) is 121 Å². The van der Waals surface area contributed by atoms with Crippen LogP contribution < -0.4 is 0 Å². The van der Waals surface area contributed by atoms with E-state index in [-0.39, 0.29) is 0 Å². The fourth-order valence-electron chi connectivity index (χ4n) is 7.58. The van der Waals surface area contributed by atoms with E-state index in [1.165, 1.54) is 16.2 Å². The molecule has 11 aromatic rings. The van der Waals surface area contributed by atoms with Crippen molar-refractivity contribution < 1.29 is 8.83 Å². The van der Waals surface area contributed by atoms with Crippen molar-refractivity contribution in [2.24, 2.45) is 0 Å². The number of aromatic nitrogens is 3. The molecule has 0 radical (unpaired) electrons. The Kier molecular flexibility index (Phi) is 6.18. The van der Waals surface area contributed by atoms with Crippen LogP contribution in [0.25, 0.3) is 111 Å². The lowest BCUT2D eigenvalue weighted by molar-refractivity contribution is 0.668. The molecule has 5 heteroatoms. The van der Waals surface area contributed by atoms with Crippen LogP contribution in [0.4, 0.5) is 0 Å². The molecule has 0 aliphatic carbocycles. The molecule has 0 saturated carbocycles. The molecule has 11 rings (SSSR count). The average Bonchev–Trinajstić information content (AvgIpc) is 3.78. The minimum absolute atomic E-state index is 0.590. The molecule has 0 aliphatic heterocycles. The summed E-state index contributed by atoms with van der Waals surface area (Å²) in [5, 5.41) is 8.90. The first-order valence-corrected chi connectivity index (χ1v) is 17.3. The zero-order chi connectivity index (χ0) is 34.2. The van der Waals surface area contributed by atoms with Crippen LogP contribution in [0, 0.1) is 0 Å². The van der Waals surface area contributed by atoms with Crippen LogP contribution in [-0.2, 0) is 0 Å². The van der Waals surface area contributed by atoms with E-state index < -0.39 is 0 Å². The summed E-state index contributed by atoms with van der Waals surface area (Å²) in [7, 11) is 0.